The van der Waals surface area contributed by atoms with Crippen LogP contribution < -0.4 is 5.32 Å². The van der Waals surface area contributed by atoms with E-state index >= 15 is 0 Å². The lowest BCUT2D eigenvalue weighted by Crippen LogP contribution is -2.17. The zero-order chi connectivity index (χ0) is 21.2. The van der Waals surface area contributed by atoms with Gasteiger partial charge in [0.2, 0.25) is 5.91 Å². The van der Waals surface area contributed by atoms with Crippen LogP contribution in [0.2, 0.25) is 0 Å². The first-order valence-electron chi connectivity index (χ1n) is 8.81. The summed E-state index contributed by atoms with van der Waals surface area (Å²) in [7, 11) is -2.53. The van der Waals surface area contributed by atoms with Gasteiger partial charge in [0, 0.05) is 24.4 Å². The molecule has 0 fully saturated rings. The van der Waals surface area contributed by atoms with Gasteiger partial charge in [-0.3, -0.25) is 14.0 Å². The van der Waals surface area contributed by atoms with E-state index in [2.05, 4.69) is 10.4 Å². The van der Waals surface area contributed by atoms with Crippen molar-refractivity contribution in [1.82, 2.24) is 9.78 Å². The highest BCUT2D eigenvalue weighted by molar-refractivity contribution is 7.53. The minimum atomic E-state index is -4.32. The van der Waals surface area contributed by atoms with Crippen LogP contribution in [0, 0.1) is 0 Å². The zero-order valence-corrected chi connectivity index (χ0v) is 17.1. The number of nitrogens with one attached hydrogen (secondary N) is 1. The van der Waals surface area contributed by atoms with E-state index in [1.165, 1.54) is 19.9 Å². The summed E-state index contributed by atoms with van der Waals surface area (Å²) in [5.74, 6) is 0.301. The molecule has 3 aromatic rings. The van der Waals surface area contributed by atoms with Crippen molar-refractivity contribution in [1.29, 1.82) is 0 Å². The van der Waals surface area contributed by atoms with Crippen LogP contribution in [-0.4, -0.2) is 25.5 Å². The Balaban J connectivity index is 1.72. The topological polar surface area (TPSA) is 118 Å². The maximum atomic E-state index is 12.3. The monoisotopic (exact) mass is 415 g/mol. The van der Waals surface area contributed by atoms with Gasteiger partial charge >= 0.3 is 7.60 Å². The first-order chi connectivity index (χ1) is 13.6. The van der Waals surface area contributed by atoms with E-state index in [9.17, 15) is 19.1 Å². The molecule has 9 heteroatoms. The number of amides is 1. The number of rotatable bonds is 6. The normalized spacial score (nSPS) is 12.4. The largest absolute Gasteiger partial charge is 0.463 e. The number of carbonyl (C=O) groups excluding carboxylic acids is 1. The van der Waals surface area contributed by atoms with E-state index in [-0.39, 0.29) is 5.91 Å². The summed E-state index contributed by atoms with van der Waals surface area (Å²) >= 11 is 0. The van der Waals surface area contributed by atoms with Crippen molar-refractivity contribution in [3.05, 3.63) is 66.1 Å². The molecule has 29 heavy (non-hydrogen) atoms. The molecule has 0 aliphatic rings. The summed E-state index contributed by atoms with van der Waals surface area (Å²) in [6.07, 6.45) is 6.24. The molecule has 2 heterocycles. The lowest BCUT2D eigenvalue weighted by molar-refractivity contribution is -0.111. The van der Waals surface area contributed by atoms with Crippen LogP contribution in [0.25, 0.3) is 17.5 Å². The molecule has 0 unspecified atom stereocenters. The second-order valence-electron chi connectivity index (χ2n) is 7.05. The lowest BCUT2D eigenvalue weighted by Gasteiger charge is -2.26. The van der Waals surface area contributed by atoms with E-state index in [1.54, 1.807) is 60.6 Å². The quantitative estimate of drug-likeness (QED) is 0.417. The van der Waals surface area contributed by atoms with Crippen LogP contribution in [0.3, 0.4) is 0 Å². The van der Waals surface area contributed by atoms with Gasteiger partial charge in [-0.1, -0.05) is 12.1 Å². The number of hydrogen-bond acceptors (Lipinski definition) is 4. The van der Waals surface area contributed by atoms with Crippen LogP contribution in [0.4, 0.5) is 5.69 Å². The van der Waals surface area contributed by atoms with E-state index in [0.717, 1.165) is 11.3 Å². The molecular formula is C20H22N3O5P. The predicted molar refractivity (Wildman–Crippen MR) is 110 cm³/mol. The van der Waals surface area contributed by atoms with Gasteiger partial charge < -0.3 is 19.5 Å². The standard InChI is InChI=1S/C20H22N3O5P/c1-20(2,29(25,26)27)15-7-9-16(10-8-15)22-18(24)11-6-14-13-21-23(3)19(14)17-5-4-12-28-17/h4-13H,1-3H3,(H,22,24)(H2,25,26,27). The van der Waals surface area contributed by atoms with E-state index in [1.807, 2.05) is 6.07 Å². The molecule has 1 amide bonds. The molecule has 152 valence electrons. The fourth-order valence-electron chi connectivity index (χ4n) is 2.77. The van der Waals surface area contributed by atoms with Gasteiger partial charge in [0.05, 0.1) is 17.6 Å². The number of benzene rings is 1. The van der Waals surface area contributed by atoms with E-state index in [0.29, 0.717) is 17.0 Å². The molecule has 0 atom stereocenters. The summed E-state index contributed by atoms with van der Waals surface area (Å²) in [6.45, 7) is 2.96. The number of furan rings is 1. The molecule has 0 saturated heterocycles. The van der Waals surface area contributed by atoms with Gasteiger partial charge in [0.1, 0.15) is 5.69 Å². The third-order valence-corrected chi connectivity index (χ3v) is 6.44. The Hall–Kier alpha value is -2.93. The Morgan fingerprint density at radius 3 is 2.52 bits per heavy atom. The fourth-order valence-corrected chi connectivity index (χ4v) is 3.26. The molecule has 1 aromatic carbocycles. The fraction of sp³-hybridized carbons (Fsp3) is 0.200. The lowest BCUT2D eigenvalue weighted by atomic mass is 10.0. The summed E-state index contributed by atoms with van der Waals surface area (Å²) in [6, 6.07) is 9.99. The molecule has 8 nitrogen and oxygen atoms in total. The van der Waals surface area contributed by atoms with Gasteiger partial charge in [0.25, 0.3) is 0 Å². The predicted octanol–water partition coefficient (Wildman–Crippen LogP) is 3.74. The van der Waals surface area contributed by atoms with Crippen LogP contribution in [0.15, 0.2) is 59.4 Å². The van der Waals surface area contributed by atoms with Crippen LogP contribution in [-0.2, 0) is 21.6 Å². The zero-order valence-electron chi connectivity index (χ0n) is 16.2. The first-order valence-corrected chi connectivity index (χ1v) is 10.4. The number of carbonyl (C=O) groups is 1. The second kappa shape index (κ2) is 7.83. The van der Waals surface area contributed by atoms with Gasteiger partial charge in [-0.05, 0) is 49.8 Å². The first kappa shape index (κ1) is 20.8. The van der Waals surface area contributed by atoms with Crippen molar-refractivity contribution in [2.45, 2.75) is 19.0 Å². The second-order valence-corrected chi connectivity index (χ2v) is 9.26. The number of aryl methyl sites for hydroxylation is 1. The van der Waals surface area contributed by atoms with Crippen molar-refractivity contribution < 1.29 is 23.6 Å². The van der Waals surface area contributed by atoms with Crippen molar-refractivity contribution >= 4 is 25.3 Å². The van der Waals surface area contributed by atoms with Crippen molar-refractivity contribution in [2.75, 3.05) is 5.32 Å². The third-order valence-electron chi connectivity index (χ3n) is 4.72. The summed E-state index contributed by atoms with van der Waals surface area (Å²) in [5, 5.41) is 5.61. The van der Waals surface area contributed by atoms with Crippen molar-refractivity contribution in [3.63, 3.8) is 0 Å². The Morgan fingerprint density at radius 1 is 1.24 bits per heavy atom. The minimum absolute atomic E-state index is 0.346. The summed E-state index contributed by atoms with van der Waals surface area (Å²) < 4.78 is 18.7. The highest BCUT2D eigenvalue weighted by Crippen LogP contribution is 2.56. The van der Waals surface area contributed by atoms with E-state index < -0.39 is 12.8 Å². The molecule has 0 radical (unpaired) electrons. The molecule has 0 bridgehead atoms. The highest BCUT2D eigenvalue weighted by atomic mass is 31.2. The molecule has 3 rings (SSSR count). The Kier molecular flexibility index (Phi) is 5.61. The number of aromatic nitrogens is 2. The van der Waals surface area contributed by atoms with E-state index in [4.69, 9.17) is 4.42 Å². The molecule has 3 N–H and O–H groups in total. The number of anilines is 1. The maximum Gasteiger partial charge on any atom is 0.335 e. The molecule has 0 aliphatic heterocycles. The molecular weight excluding hydrogens is 393 g/mol. The number of nitrogens with zero attached hydrogens (tertiary/aromatic N) is 2. The summed E-state index contributed by atoms with van der Waals surface area (Å²) in [4.78, 5) is 31.3. The molecule has 0 saturated carbocycles. The summed E-state index contributed by atoms with van der Waals surface area (Å²) in [5.41, 5.74) is 2.49. The Labute approximate surface area is 168 Å². The van der Waals surface area contributed by atoms with Gasteiger partial charge in [-0.2, -0.15) is 5.10 Å². The average molecular weight is 415 g/mol. The van der Waals surface area contributed by atoms with Crippen LogP contribution in [0.5, 0.6) is 0 Å². The van der Waals surface area contributed by atoms with Crippen LogP contribution >= 0.6 is 7.60 Å². The van der Waals surface area contributed by atoms with Gasteiger partial charge in [-0.25, -0.2) is 0 Å². The SMILES string of the molecule is Cn1ncc(C=CC(=O)Nc2ccc(C(C)(C)P(=O)(O)O)cc2)c1-c1ccco1. The smallest absolute Gasteiger partial charge is 0.335 e. The molecule has 2 aromatic heterocycles. The van der Waals surface area contributed by atoms with Crippen LogP contribution in [0.1, 0.15) is 25.0 Å². The number of hydrogen-bond donors (Lipinski definition) is 3. The minimum Gasteiger partial charge on any atom is -0.463 e. The Bertz CT molecular complexity index is 1080. The Morgan fingerprint density at radius 2 is 1.93 bits per heavy atom. The van der Waals surface area contributed by atoms with Crippen molar-refractivity contribution in [2.24, 2.45) is 7.05 Å². The third kappa shape index (κ3) is 4.40. The maximum absolute atomic E-state index is 12.3. The molecule has 0 aliphatic carbocycles. The van der Waals surface area contributed by atoms with Gasteiger partial charge in [-0.15, -0.1) is 0 Å². The van der Waals surface area contributed by atoms with Crippen molar-refractivity contribution in [3.8, 4) is 11.5 Å². The van der Waals surface area contributed by atoms with Gasteiger partial charge in [0.15, 0.2) is 5.76 Å². The highest BCUT2D eigenvalue weighted by Gasteiger charge is 2.39. The average Bonchev–Trinajstić information content (AvgIpc) is 3.29. The molecule has 0 spiro atoms.